The van der Waals surface area contributed by atoms with Crippen molar-refractivity contribution in [2.24, 2.45) is 5.73 Å². The molecule has 2 fully saturated rings. The molecule has 7 heteroatoms. The summed E-state index contributed by atoms with van der Waals surface area (Å²) in [4.78, 5) is 12.2. The Balaban J connectivity index is 2.27. The van der Waals surface area contributed by atoms with E-state index in [2.05, 4.69) is 4.74 Å². The van der Waals surface area contributed by atoms with Crippen LogP contribution in [0.3, 0.4) is 0 Å². The van der Waals surface area contributed by atoms with Crippen LogP contribution in [0.15, 0.2) is 0 Å². The predicted octanol–water partition coefficient (Wildman–Crippen LogP) is -2.81. The van der Waals surface area contributed by atoms with Crippen LogP contribution in [-0.2, 0) is 4.74 Å². The van der Waals surface area contributed by atoms with Crippen LogP contribution in [0.5, 0.6) is 0 Å². The molecule has 0 spiro atoms. The summed E-state index contributed by atoms with van der Waals surface area (Å²) < 4.78 is 4.66. The van der Waals surface area contributed by atoms with Gasteiger partial charge in [0.25, 0.3) is 0 Å². The van der Waals surface area contributed by atoms with Gasteiger partial charge < -0.3 is 25.8 Å². The third kappa shape index (κ3) is 1.10. The van der Waals surface area contributed by atoms with Crippen molar-refractivity contribution in [3.05, 3.63) is 0 Å². The van der Waals surface area contributed by atoms with E-state index in [1.54, 1.807) is 0 Å². The van der Waals surface area contributed by atoms with Gasteiger partial charge >= 0.3 is 6.09 Å². The van der Waals surface area contributed by atoms with Crippen LogP contribution in [0.2, 0.25) is 0 Å². The number of carbonyl (C=O) groups is 1. The van der Waals surface area contributed by atoms with Crippen molar-refractivity contribution in [2.45, 2.75) is 30.5 Å². The van der Waals surface area contributed by atoms with E-state index in [1.807, 2.05) is 0 Å². The standard InChI is InChI=1S/C7H12N2O5/c8-6-5(12)4(11)3(10)2-1-14-7(13)9(2)6/h2-6,10-12H,1,8H2/t2-,3-,4+,5-,6-/m1/s1. The van der Waals surface area contributed by atoms with Gasteiger partial charge in [0.05, 0.1) is 6.04 Å². The van der Waals surface area contributed by atoms with Crippen LogP contribution >= 0.6 is 0 Å². The van der Waals surface area contributed by atoms with Gasteiger partial charge in [-0.2, -0.15) is 0 Å². The van der Waals surface area contributed by atoms with Crippen LogP contribution in [-0.4, -0.2) is 63.4 Å². The van der Waals surface area contributed by atoms with E-state index < -0.39 is 36.6 Å². The quantitative estimate of drug-likeness (QED) is 0.338. The topological polar surface area (TPSA) is 116 Å². The summed E-state index contributed by atoms with van der Waals surface area (Å²) in [7, 11) is 0. The van der Waals surface area contributed by atoms with E-state index in [4.69, 9.17) is 5.73 Å². The minimum absolute atomic E-state index is 0.0164. The molecule has 2 aliphatic rings. The smallest absolute Gasteiger partial charge is 0.411 e. The Morgan fingerprint density at radius 2 is 1.93 bits per heavy atom. The number of nitrogens with two attached hydrogens (primary N) is 1. The predicted molar refractivity (Wildman–Crippen MR) is 43.0 cm³/mol. The Bertz CT molecular complexity index is 260. The molecule has 5 atom stereocenters. The molecular weight excluding hydrogens is 192 g/mol. The molecule has 0 aliphatic carbocycles. The Kier molecular flexibility index (Phi) is 2.11. The molecule has 0 unspecified atom stereocenters. The third-order valence-corrected chi connectivity index (χ3v) is 2.71. The lowest BCUT2D eigenvalue weighted by molar-refractivity contribution is -0.140. The van der Waals surface area contributed by atoms with Gasteiger partial charge in [-0.3, -0.25) is 4.90 Å². The van der Waals surface area contributed by atoms with E-state index in [1.165, 1.54) is 0 Å². The first-order valence-electron chi connectivity index (χ1n) is 4.29. The molecule has 0 aromatic heterocycles. The normalized spacial score (nSPS) is 47.6. The maximum Gasteiger partial charge on any atom is 0.411 e. The molecule has 0 aromatic carbocycles. The summed E-state index contributed by atoms with van der Waals surface area (Å²) in [6, 6.07) is -0.670. The van der Waals surface area contributed by atoms with Crippen LogP contribution < -0.4 is 5.73 Å². The lowest BCUT2D eigenvalue weighted by Gasteiger charge is -2.42. The fourth-order valence-corrected chi connectivity index (χ4v) is 1.85. The van der Waals surface area contributed by atoms with Gasteiger partial charge in [0.15, 0.2) is 0 Å². The summed E-state index contributed by atoms with van der Waals surface area (Å²) in [5, 5.41) is 28.3. The van der Waals surface area contributed by atoms with Gasteiger partial charge in [0, 0.05) is 0 Å². The number of cyclic esters (lactones) is 1. The van der Waals surface area contributed by atoms with Gasteiger partial charge in [0.2, 0.25) is 0 Å². The van der Waals surface area contributed by atoms with E-state index in [-0.39, 0.29) is 6.61 Å². The van der Waals surface area contributed by atoms with E-state index >= 15 is 0 Å². The number of hydrogen-bond donors (Lipinski definition) is 4. The number of nitrogens with zero attached hydrogens (tertiary/aromatic N) is 1. The minimum Gasteiger partial charge on any atom is -0.447 e. The highest BCUT2D eigenvalue weighted by Gasteiger charge is 2.52. The van der Waals surface area contributed by atoms with Gasteiger partial charge in [-0.1, -0.05) is 0 Å². The maximum absolute atomic E-state index is 11.1. The van der Waals surface area contributed by atoms with Crippen LogP contribution in [0.1, 0.15) is 0 Å². The first kappa shape index (κ1) is 9.66. The first-order chi connectivity index (χ1) is 6.54. The van der Waals surface area contributed by atoms with Crippen molar-refractivity contribution in [3.63, 3.8) is 0 Å². The number of aliphatic hydroxyl groups is 3. The molecule has 0 saturated carbocycles. The molecule has 80 valence electrons. The highest BCUT2D eigenvalue weighted by atomic mass is 16.6. The van der Waals surface area contributed by atoms with Crippen LogP contribution in [0.25, 0.3) is 0 Å². The highest BCUT2D eigenvalue weighted by molar-refractivity contribution is 5.71. The molecule has 2 aliphatic heterocycles. The second-order valence-electron chi connectivity index (χ2n) is 3.51. The van der Waals surface area contributed by atoms with Crippen molar-refractivity contribution < 1.29 is 24.9 Å². The number of rotatable bonds is 0. The molecule has 0 radical (unpaired) electrons. The summed E-state index contributed by atoms with van der Waals surface area (Å²) in [5.41, 5.74) is 5.51. The second-order valence-corrected chi connectivity index (χ2v) is 3.51. The SMILES string of the molecule is N[C@H]1[C@H](O)[C@@H](O)[C@H](O)[C@H]2COC(=O)N21. The maximum atomic E-state index is 11.1. The number of hydrogen-bond acceptors (Lipinski definition) is 6. The van der Waals surface area contributed by atoms with Crippen LogP contribution in [0.4, 0.5) is 4.79 Å². The Morgan fingerprint density at radius 3 is 2.57 bits per heavy atom. The number of piperidine rings is 1. The van der Waals surface area contributed by atoms with E-state index in [0.717, 1.165) is 4.90 Å². The molecular formula is C7H12N2O5. The zero-order chi connectivity index (χ0) is 10.5. The fraction of sp³-hybridized carbons (Fsp3) is 0.857. The fourth-order valence-electron chi connectivity index (χ4n) is 1.85. The number of carbonyl (C=O) groups excluding carboxylic acids is 1. The Hall–Kier alpha value is -0.890. The van der Waals surface area contributed by atoms with E-state index in [9.17, 15) is 20.1 Å². The lowest BCUT2D eigenvalue weighted by atomic mass is 9.93. The average Bonchev–Trinajstić information content (AvgIpc) is 2.54. The molecule has 5 N–H and O–H groups in total. The summed E-state index contributed by atoms with van der Waals surface area (Å²) in [5.74, 6) is 0. The van der Waals surface area contributed by atoms with Gasteiger partial charge in [-0.05, 0) is 0 Å². The van der Waals surface area contributed by atoms with Crippen molar-refractivity contribution in [1.29, 1.82) is 0 Å². The molecule has 0 aromatic rings. The molecule has 0 bridgehead atoms. The number of aliphatic hydroxyl groups excluding tert-OH is 3. The third-order valence-electron chi connectivity index (χ3n) is 2.71. The number of amides is 1. The molecule has 2 saturated heterocycles. The molecule has 2 rings (SSSR count). The Labute approximate surface area is 79.7 Å². The van der Waals surface area contributed by atoms with E-state index in [0.29, 0.717) is 0 Å². The minimum atomic E-state index is -1.35. The van der Waals surface area contributed by atoms with Crippen molar-refractivity contribution >= 4 is 6.09 Å². The molecule has 7 nitrogen and oxygen atoms in total. The number of fused-ring (bicyclic) bond motifs is 1. The van der Waals surface area contributed by atoms with Gasteiger partial charge in [-0.15, -0.1) is 0 Å². The summed E-state index contributed by atoms with van der Waals surface area (Å²) in [6.07, 6.45) is -5.63. The Morgan fingerprint density at radius 1 is 1.29 bits per heavy atom. The first-order valence-corrected chi connectivity index (χ1v) is 4.29. The van der Waals surface area contributed by atoms with Crippen molar-refractivity contribution in [1.82, 2.24) is 4.90 Å². The summed E-state index contributed by atoms with van der Waals surface area (Å²) in [6.45, 7) is -0.0164. The lowest BCUT2D eigenvalue weighted by Crippen LogP contribution is -2.68. The van der Waals surface area contributed by atoms with Crippen molar-refractivity contribution in [3.8, 4) is 0 Å². The average molecular weight is 204 g/mol. The van der Waals surface area contributed by atoms with Gasteiger partial charge in [-0.25, -0.2) is 4.79 Å². The zero-order valence-electron chi connectivity index (χ0n) is 7.28. The largest absolute Gasteiger partial charge is 0.447 e. The molecule has 2 heterocycles. The van der Waals surface area contributed by atoms with Crippen LogP contribution in [0, 0.1) is 0 Å². The second kappa shape index (κ2) is 3.06. The zero-order valence-corrected chi connectivity index (χ0v) is 7.28. The van der Waals surface area contributed by atoms with Crippen molar-refractivity contribution in [2.75, 3.05) is 6.61 Å². The monoisotopic (exact) mass is 204 g/mol. The highest BCUT2D eigenvalue weighted by Crippen LogP contribution is 2.27. The molecule has 14 heavy (non-hydrogen) atoms. The van der Waals surface area contributed by atoms with Gasteiger partial charge in [0.1, 0.15) is 31.1 Å². The number of ether oxygens (including phenoxy) is 1. The summed E-state index contributed by atoms with van der Waals surface area (Å²) >= 11 is 0. The molecule has 1 amide bonds.